The third-order valence-corrected chi connectivity index (χ3v) is 6.34. The van der Waals surface area contributed by atoms with Crippen molar-refractivity contribution < 1.29 is 40.3 Å². The van der Waals surface area contributed by atoms with Crippen LogP contribution in [0.2, 0.25) is 0 Å². The molecule has 2 amide bonds. The van der Waals surface area contributed by atoms with Crippen LogP contribution in [0.1, 0.15) is 50.3 Å². The van der Waals surface area contributed by atoms with Crippen molar-refractivity contribution in [3.05, 3.63) is 88.2 Å². The van der Waals surface area contributed by atoms with Crippen molar-refractivity contribution in [1.82, 2.24) is 10.2 Å². The summed E-state index contributed by atoms with van der Waals surface area (Å²) in [6.07, 6.45) is -10.2. The monoisotopic (exact) mass is 539 g/mol. The molecule has 2 heterocycles. The van der Waals surface area contributed by atoms with Gasteiger partial charge in [0.15, 0.2) is 5.88 Å². The number of amides is 2. The first-order valence-electron chi connectivity index (χ1n) is 11.4. The number of anilines is 1. The second-order valence-corrected chi connectivity index (χ2v) is 9.12. The topological polar surface area (TPSA) is 65.8 Å². The Kier molecular flexibility index (Phi) is 6.94. The molecule has 2 atom stereocenters. The van der Waals surface area contributed by atoms with Crippen LogP contribution in [-0.2, 0) is 23.7 Å². The van der Waals surface area contributed by atoms with Gasteiger partial charge in [-0.2, -0.15) is 26.3 Å². The minimum Gasteiger partial charge on any atom is -0.444 e. The minimum atomic E-state index is -5.09. The van der Waals surface area contributed by atoms with E-state index in [2.05, 4.69) is 5.32 Å². The van der Waals surface area contributed by atoms with Gasteiger partial charge in [-0.15, -0.1) is 0 Å². The Labute approximate surface area is 213 Å². The third-order valence-electron chi connectivity index (χ3n) is 6.34. The summed E-state index contributed by atoms with van der Waals surface area (Å²) < 4.78 is 87.2. The van der Waals surface area contributed by atoms with Crippen molar-refractivity contribution in [1.29, 1.82) is 0 Å². The smallest absolute Gasteiger partial charge is 0.416 e. The van der Waals surface area contributed by atoms with Crippen LogP contribution in [0.3, 0.4) is 0 Å². The summed E-state index contributed by atoms with van der Waals surface area (Å²) >= 11 is 0. The lowest BCUT2D eigenvalue weighted by Gasteiger charge is -2.40. The van der Waals surface area contributed by atoms with Gasteiger partial charge < -0.3 is 19.5 Å². The fraction of sp³-hybridized carbons (Fsp3) is 0.308. The number of hydrogen-bond acceptors (Lipinski definition) is 4. The van der Waals surface area contributed by atoms with Gasteiger partial charge >= 0.3 is 12.4 Å². The molecular weight excluding hydrogens is 516 g/mol. The quantitative estimate of drug-likeness (QED) is 0.428. The summed E-state index contributed by atoms with van der Waals surface area (Å²) in [5.41, 5.74) is -3.22. The van der Waals surface area contributed by atoms with E-state index in [-0.39, 0.29) is 23.7 Å². The lowest BCUT2D eigenvalue weighted by atomic mass is 9.78. The molecule has 0 spiro atoms. The molecule has 1 N–H and O–H groups in total. The molecule has 3 aromatic rings. The highest BCUT2D eigenvalue weighted by molar-refractivity contribution is 6.01. The number of hydrogen-bond donors (Lipinski definition) is 1. The van der Waals surface area contributed by atoms with Gasteiger partial charge in [0.05, 0.1) is 29.6 Å². The van der Waals surface area contributed by atoms with E-state index in [1.807, 2.05) is 0 Å². The molecular formula is C26H23F6N3O3. The largest absolute Gasteiger partial charge is 0.444 e. The first kappa shape index (κ1) is 27.1. The lowest BCUT2D eigenvalue weighted by Crippen LogP contribution is -2.45. The Morgan fingerprint density at radius 1 is 0.974 bits per heavy atom. The standard InChI is InChI=1S/C26H23F6N3O3/c1-34(2)20-9-8-17(38-20)13-33-23(36)21-18-6-4-5-7-19(18)24(37)35(3)22(21)14-10-15(25(27,28)29)12-16(11-14)26(30,31)32/h4-12,21-22H,13H2,1-3H3,(H,33,36). The Hall–Kier alpha value is -3.96. The fourth-order valence-electron chi connectivity index (χ4n) is 4.51. The molecule has 6 nitrogen and oxygen atoms in total. The second kappa shape index (κ2) is 9.73. The SMILES string of the molecule is CN(C)c1ccc(CNC(=O)C2c3ccccc3C(=O)N(C)C2c2cc(C(F)(F)F)cc(C(F)(F)F)c2)o1. The van der Waals surface area contributed by atoms with Gasteiger partial charge in [0.1, 0.15) is 5.76 Å². The molecule has 4 rings (SSSR count). The zero-order chi connectivity index (χ0) is 28.0. The molecule has 202 valence electrons. The predicted molar refractivity (Wildman–Crippen MR) is 125 cm³/mol. The van der Waals surface area contributed by atoms with Gasteiger partial charge in [-0.1, -0.05) is 18.2 Å². The zero-order valence-corrected chi connectivity index (χ0v) is 20.4. The number of fused-ring (bicyclic) bond motifs is 1. The fourth-order valence-corrected chi connectivity index (χ4v) is 4.51. The minimum absolute atomic E-state index is 0.0103. The Morgan fingerprint density at radius 3 is 2.13 bits per heavy atom. The Morgan fingerprint density at radius 2 is 1.58 bits per heavy atom. The van der Waals surface area contributed by atoms with Gasteiger partial charge in [0.25, 0.3) is 5.91 Å². The summed E-state index contributed by atoms with van der Waals surface area (Å²) in [6.45, 7) is -0.0912. The lowest BCUT2D eigenvalue weighted by molar-refractivity contribution is -0.143. The molecule has 1 aliphatic heterocycles. The molecule has 0 fully saturated rings. The van der Waals surface area contributed by atoms with E-state index in [1.54, 1.807) is 37.2 Å². The molecule has 0 saturated carbocycles. The summed E-state index contributed by atoms with van der Waals surface area (Å²) in [5.74, 6) is -1.74. The van der Waals surface area contributed by atoms with Gasteiger partial charge in [-0.05, 0) is 41.5 Å². The first-order valence-corrected chi connectivity index (χ1v) is 11.4. The van der Waals surface area contributed by atoms with Gasteiger partial charge in [-0.25, -0.2) is 0 Å². The van der Waals surface area contributed by atoms with Crippen LogP contribution >= 0.6 is 0 Å². The van der Waals surface area contributed by atoms with Crippen LogP contribution in [-0.4, -0.2) is 37.9 Å². The predicted octanol–water partition coefficient (Wildman–Crippen LogP) is 5.61. The van der Waals surface area contributed by atoms with E-state index in [1.165, 1.54) is 25.2 Å². The molecule has 12 heteroatoms. The normalized spacial score (nSPS) is 17.8. The van der Waals surface area contributed by atoms with Crippen molar-refractivity contribution in [3.8, 4) is 0 Å². The molecule has 2 aromatic carbocycles. The van der Waals surface area contributed by atoms with Gasteiger partial charge in [0.2, 0.25) is 5.91 Å². The summed E-state index contributed by atoms with van der Waals surface area (Å²) in [6, 6.07) is 8.97. The van der Waals surface area contributed by atoms with E-state index in [0.717, 1.165) is 4.90 Å². The van der Waals surface area contributed by atoms with E-state index in [4.69, 9.17) is 4.42 Å². The van der Waals surface area contributed by atoms with Crippen molar-refractivity contribution in [3.63, 3.8) is 0 Å². The number of alkyl halides is 6. The summed E-state index contributed by atoms with van der Waals surface area (Å²) in [4.78, 5) is 29.3. The molecule has 0 aliphatic carbocycles. The van der Waals surface area contributed by atoms with Gasteiger partial charge in [0, 0.05) is 32.8 Å². The maximum atomic E-state index is 13.6. The highest BCUT2D eigenvalue weighted by atomic mass is 19.4. The van der Waals surface area contributed by atoms with Crippen LogP contribution in [0.25, 0.3) is 0 Å². The molecule has 2 unspecified atom stereocenters. The van der Waals surface area contributed by atoms with Crippen LogP contribution in [0.4, 0.5) is 32.2 Å². The first-order chi connectivity index (χ1) is 17.7. The van der Waals surface area contributed by atoms with Crippen molar-refractivity contribution in [2.45, 2.75) is 30.9 Å². The number of carbonyl (C=O) groups excluding carboxylic acids is 2. The Balaban J connectivity index is 1.81. The molecule has 1 aliphatic rings. The van der Waals surface area contributed by atoms with Crippen molar-refractivity contribution in [2.75, 3.05) is 26.0 Å². The number of likely N-dealkylation sites (N-methyl/N-ethyl adjacent to an activating group) is 1. The number of furan rings is 1. The molecule has 0 bridgehead atoms. The maximum Gasteiger partial charge on any atom is 0.416 e. The molecule has 38 heavy (non-hydrogen) atoms. The number of nitrogens with one attached hydrogen (secondary N) is 1. The van der Waals surface area contributed by atoms with E-state index in [0.29, 0.717) is 23.8 Å². The van der Waals surface area contributed by atoms with E-state index in [9.17, 15) is 35.9 Å². The Bertz CT molecular complexity index is 1330. The second-order valence-electron chi connectivity index (χ2n) is 9.12. The van der Waals surface area contributed by atoms with E-state index >= 15 is 0 Å². The van der Waals surface area contributed by atoms with Crippen molar-refractivity contribution >= 4 is 17.7 Å². The maximum absolute atomic E-state index is 13.6. The van der Waals surface area contributed by atoms with Crippen LogP contribution in [0.5, 0.6) is 0 Å². The number of halogens is 6. The van der Waals surface area contributed by atoms with E-state index < -0.39 is 52.8 Å². The molecule has 1 aromatic heterocycles. The van der Waals surface area contributed by atoms with Crippen LogP contribution < -0.4 is 10.2 Å². The molecule has 0 radical (unpaired) electrons. The van der Waals surface area contributed by atoms with Gasteiger partial charge in [-0.3, -0.25) is 9.59 Å². The number of rotatable bonds is 5. The van der Waals surface area contributed by atoms with Crippen LogP contribution in [0.15, 0.2) is 59.0 Å². The molecule has 0 saturated heterocycles. The number of nitrogens with zero attached hydrogens (tertiary/aromatic N) is 2. The van der Waals surface area contributed by atoms with Crippen molar-refractivity contribution in [2.24, 2.45) is 0 Å². The highest BCUT2D eigenvalue weighted by Crippen LogP contribution is 2.45. The summed E-state index contributed by atoms with van der Waals surface area (Å²) in [5, 5.41) is 2.65. The highest BCUT2D eigenvalue weighted by Gasteiger charge is 2.45. The van der Waals surface area contributed by atoms with Crippen LogP contribution in [0, 0.1) is 0 Å². The summed E-state index contributed by atoms with van der Waals surface area (Å²) in [7, 11) is 4.75. The average Bonchev–Trinajstić information content (AvgIpc) is 3.33. The number of carbonyl (C=O) groups is 2. The number of benzene rings is 2. The third kappa shape index (κ3) is 5.20. The zero-order valence-electron chi connectivity index (χ0n) is 20.4. The average molecular weight is 539 g/mol.